The normalized spacial score (nSPS) is 17.3. The zero-order valence-electron chi connectivity index (χ0n) is 16.2. The van der Waals surface area contributed by atoms with Gasteiger partial charge in [0.05, 0.1) is 18.2 Å². The predicted octanol–water partition coefficient (Wildman–Crippen LogP) is 2.80. The van der Waals surface area contributed by atoms with Crippen molar-refractivity contribution < 1.29 is 36.2 Å². The molecule has 14 heteroatoms. The van der Waals surface area contributed by atoms with E-state index in [4.69, 9.17) is 0 Å². The van der Waals surface area contributed by atoms with Gasteiger partial charge in [-0.15, -0.1) is 10.2 Å². The summed E-state index contributed by atoms with van der Waals surface area (Å²) in [5, 5.41) is 18.0. The molecule has 1 saturated heterocycles. The zero-order chi connectivity index (χ0) is 23.1. The highest BCUT2D eigenvalue weighted by molar-refractivity contribution is 5.83. The summed E-state index contributed by atoms with van der Waals surface area (Å²) in [6.45, 7) is -1.50. The van der Waals surface area contributed by atoms with E-state index >= 15 is 0 Å². The van der Waals surface area contributed by atoms with Crippen molar-refractivity contribution in [1.29, 1.82) is 0 Å². The molecular weight excluding hydrogens is 446 g/mol. The molecule has 172 valence electrons. The lowest BCUT2D eigenvalue weighted by atomic mass is 10.1. The molecule has 1 fully saturated rings. The Kier molecular flexibility index (Phi) is 5.56. The number of aliphatic hydroxyl groups excluding tert-OH is 1. The van der Waals surface area contributed by atoms with Crippen LogP contribution in [0, 0.1) is 0 Å². The van der Waals surface area contributed by atoms with Crippen LogP contribution in [-0.2, 0) is 12.7 Å². The predicted molar refractivity (Wildman–Crippen MR) is 98.1 cm³/mol. The molecule has 0 aliphatic carbocycles. The molecule has 3 heterocycles. The van der Waals surface area contributed by atoms with Gasteiger partial charge in [0.1, 0.15) is 0 Å². The molecule has 0 spiro atoms. The number of rotatable bonds is 5. The monoisotopic (exact) mass is 462 g/mol. The minimum Gasteiger partial charge on any atom is -0.454 e. The Bertz CT molecular complexity index is 1120. The van der Waals surface area contributed by atoms with E-state index in [1.807, 2.05) is 0 Å². The maximum atomic E-state index is 13.3. The third kappa shape index (κ3) is 4.84. The van der Waals surface area contributed by atoms with Gasteiger partial charge >= 0.3 is 18.4 Å². The van der Waals surface area contributed by atoms with Gasteiger partial charge in [-0.05, 0) is 18.1 Å². The second kappa shape index (κ2) is 8.07. The van der Waals surface area contributed by atoms with Crippen LogP contribution in [0.1, 0.15) is 17.5 Å². The van der Waals surface area contributed by atoms with E-state index in [1.54, 1.807) is 4.90 Å². The van der Waals surface area contributed by atoms with Gasteiger partial charge < -0.3 is 14.7 Å². The first-order valence-electron chi connectivity index (χ1n) is 9.40. The first kappa shape index (κ1) is 22.0. The lowest BCUT2D eigenvalue weighted by Gasteiger charge is -2.17. The van der Waals surface area contributed by atoms with Crippen LogP contribution in [0.3, 0.4) is 0 Å². The van der Waals surface area contributed by atoms with Crippen molar-refractivity contribution in [2.24, 2.45) is 0 Å². The van der Waals surface area contributed by atoms with Crippen molar-refractivity contribution in [2.45, 2.75) is 31.4 Å². The molecular formula is C18H16F6N6O2. The molecule has 1 aliphatic heterocycles. The molecule has 1 aliphatic rings. The second-order valence-corrected chi connectivity index (χ2v) is 7.18. The van der Waals surface area contributed by atoms with Crippen LogP contribution in [0.2, 0.25) is 0 Å². The van der Waals surface area contributed by atoms with E-state index in [2.05, 4.69) is 24.9 Å². The minimum absolute atomic E-state index is 0.0722. The lowest BCUT2D eigenvalue weighted by Crippen LogP contribution is -2.24. The molecule has 8 nitrogen and oxygen atoms in total. The number of fused-ring (bicyclic) bond motifs is 1. The number of β-amino-alcohol motifs (C(OH)–C–C–N with tert-alkyl or cyclic N) is 1. The van der Waals surface area contributed by atoms with Gasteiger partial charge in [0.15, 0.2) is 17.9 Å². The molecule has 3 aromatic rings. The largest absolute Gasteiger partial charge is 0.454 e. The zero-order valence-corrected chi connectivity index (χ0v) is 16.2. The van der Waals surface area contributed by atoms with E-state index in [0.29, 0.717) is 13.0 Å². The molecule has 1 N–H and O–H groups in total. The van der Waals surface area contributed by atoms with Crippen LogP contribution < -0.4 is 9.64 Å². The number of benzene rings is 1. The molecule has 0 saturated carbocycles. The van der Waals surface area contributed by atoms with E-state index in [0.717, 1.165) is 10.9 Å². The first-order valence-corrected chi connectivity index (χ1v) is 9.40. The number of halogens is 6. The maximum Gasteiger partial charge on any atom is 0.422 e. The summed E-state index contributed by atoms with van der Waals surface area (Å²) in [6.07, 6.45) is -9.48. The molecule has 0 bridgehead atoms. The summed E-state index contributed by atoms with van der Waals surface area (Å²) in [5.41, 5.74) is -1.02. The Balaban J connectivity index is 1.72. The summed E-state index contributed by atoms with van der Waals surface area (Å²) in [4.78, 5) is 10.4. The number of anilines is 1. The van der Waals surface area contributed by atoms with E-state index in [-0.39, 0.29) is 35.6 Å². The Morgan fingerprint density at radius 1 is 1.06 bits per heavy atom. The van der Waals surface area contributed by atoms with E-state index in [9.17, 15) is 31.4 Å². The van der Waals surface area contributed by atoms with Gasteiger partial charge in [-0.1, -0.05) is 18.2 Å². The minimum atomic E-state index is -4.62. The highest BCUT2D eigenvalue weighted by Crippen LogP contribution is 2.32. The standard InChI is InChI=1S/C18H16F6N6O2/c19-17(20,21)9-32-16-25-14-13(15(26-16)29-6-5-11(31)8-29)27-30(28-14)7-10-3-1-2-4-12(10)18(22,23)24/h1-4,11,31H,5-9H2. The fourth-order valence-corrected chi connectivity index (χ4v) is 3.34. The molecule has 0 amide bonds. The smallest absolute Gasteiger partial charge is 0.422 e. The number of aliphatic hydroxyl groups is 1. The van der Waals surface area contributed by atoms with Gasteiger partial charge in [0, 0.05) is 13.1 Å². The van der Waals surface area contributed by atoms with Crippen LogP contribution in [0.5, 0.6) is 6.01 Å². The third-order valence-corrected chi connectivity index (χ3v) is 4.71. The third-order valence-electron chi connectivity index (χ3n) is 4.71. The molecule has 1 unspecified atom stereocenters. The van der Waals surface area contributed by atoms with Crippen LogP contribution in [0.25, 0.3) is 11.2 Å². The molecule has 1 aromatic carbocycles. The number of nitrogens with zero attached hydrogens (tertiary/aromatic N) is 6. The fourth-order valence-electron chi connectivity index (χ4n) is 3.34. The SMILES string of the molecule is OC1CCN(c2nc(OCC(F)(F)F)nc3nn(Cc4ccccc4C(F)(F)F)nc23)C1. The molecule has 2 aromatic heterocycles. The number of aromatic nitrogens is 5. The van der Waals surface area contributed by atoms with Crippen LogP contribution in [0.15, 0.2) is 24.3 Å². The summed E-state index contributed by atoms with van der Waals surface area (Å²) in [5.74, 6) is 0.0825. The Labute approximate surface area is 176 Å². The number of hydrogen-bond acceptors (Lipinski definition) is 7. The average Bonchev–Trinajstić information content (AvgIpc) is 3.30. The second-order valence-electron chi connectivity index (χ2n) is 7.18. The molecule has 4 rings (SSSR count). The summed E-state index contributed by atoms with van der Waals surface area (Å²) in [6, 6.07) is 4.30. The Morgan fingerprint density at radius 2 is 1.81 bits per heavy atom. The number of hydrogen-bond donors (Lipinski definition) is 1. The van der Waals surface area contributed by atoms with Crippen molar-refractivity contribution in [1.82, 2.24) is 25.0 Å². The Morgan fingerprint density at radius 3 is 2.47 bits per heavy atom. The average molecular weight is 462 g/mol. The fraction of sp³-hybridized carbons (Fsp3) is 0.444. The van der Waals surface area contributed by atoms with Crippen molar-refractivity contribution >= 4 is 17.0 Å². The first-order chi connectivity index (χ1) is 15.0. The van der Waals surface area contributed by atoms with Gasteiger partial charge in [0.2, 0.25) is 5.65 Å². The number of ether oxygens (including phenoxy) is 1. The van der Waals surface area contributed by atoms with E-state index < -0.39 is 36.6 Å². The van der Waals surface area contributed by atoms with Gasteiger partial charge in [0.25, 0.3) is 0 Å². The molecule has 0 radical (unpaired) electrons. The van der Waals surface area contributed by atoms with Crippen LogP contribution in [0.4, 0.5) is 32.2 Å². The summed E-state index contributed by atoms with van der Waals surface area (Å²) >= 11 is 0. The molecule has 32 heavy (non-hydrogen) atoms. The summed E-state index contributed by atoms with van der Waals surface area (Å²) in [7, 11) is 0. The van der Waals surface area contributed by atoms with Gasteiger partial charge in [-0.2, -0.15) is 41.1 Å². The van der Waals surface area contributed by atoms with Crippen molar-refractivity contribution in [3.8, 4) is 6.01 Å². The van der Waals surface area contributed by atoms with Gasteiger partial charge in [-0.3, -0.25) is 0 Å². The van der Waals surface area contributed by atoms with Crippen LogP contribution >= 0.6 is 0 Å². The highest BCUT2D eigenvalue weighted by Gasteiger charge is 2.34. The van der Waals surface area contributed by atoms with Gasteiger partial charge in [-0.25, -0.2) is 0 Å². The van der Waals surface area contributed by atoms with E-state index in [1.165, 1.54) is 18.2 Å². The van der Waals surface area contributed by atoms with Crippen molar-refractivity contribution in [3.05, 3.63) is 35.4 Å². The Hall–Kier alpha value is -3.16. The lowest BCUT2D eigenvalue weighted by molar-refractivity contribution is -0.154. The maximum absolute atomic E-state index is 13.3. The van der Waals surface area contributed by atoms with Crippen LogP contribution in [-0.4, -0.2) is 62.0 Å². The summed E-state index contributed by atoms with van der Waals surface area (Å²) < 4.78 is 82.1. The van der Waals surface area contributed by atoms with Crippen molar-refractivity contribution in [3.63, 3.8) is 0 Å². The number of alkyl halides is 6. The topological polar surface area (TPSA) is 89.2 Å². The quantitative estimate of drug-likeness (QED) is 0.584. The van der Waals surface area contributed by atoms with Crippen molar-refractivity contribution in [2.75, 3.05) is 24.6 Å². The highest BCUT2D eigenvalue weighted by atomic mass is 19.4. The molecule has 1 atom stereocenters.